The third-order valence-electron chi connectivity index (χ3n) is 2.80. The number of methoxy groups -OCH3 is 1. The molecule has 2 rings (SSSR count). The van der Waals surface area contributed by atoms with Gasteiger partial charge in [-0.1, -0.05) is 12.2 Å². The highest BCUT2D eigenvalue weighted by Crippen LogP contribution is 2.21. The molecule has 0 fully saturated rings. The lowest BCUT2D eigenvalue weighted by molar-refractivity contribution is 0.102. The van der Waals surface area contributed by atoms with Crippen molar-refractivity contribution in [3.63, 3.8) is 0 Å². The van der Waals surface area contributed by atoms with Gasteiger partial charge >= 0.3 is 0 Å². The monoisotopic (exact) mass is 322 g/mol. The Kier molecular flexibility index (Phi) is 5.62. The number of H-pyrrole nitrogens is 1. The van der Waals surface area contributed by atoms with Crippen LogP contribution in [-0.2, 0) is 4.74 Å². The Morgan fingerprint density at radius 1 is 1.36 bits per heavy atom. The number of carbonyl (C=O) groups is 1. The second-order valence-corrected chi connectivity index (χ2v) is 4.76. The lowest BCUT2D eigenvalue weighted by Crippen LogP contribution is -2.13. The van der Waals surface area contributed by atoms with Gasteiger partial charge in [-0.25, -0.2) is 4.39 Å². The van der Waals surface area contributed by atoms with Crippen LogP contribution in [0.2, 0.25) is 0 Å². The average molecular weight is 322 g/mol. The van der Waals surface area contributed by atoms with Gasteiger partial charge in [-0.2, -0.15) is 0 Å². The summed E-state index contributed by atoms with van der Waals surface area (Å²) in [6, 6.07) is 7.45. The van der Waals surface area contributed by atoms with Gasteiger partial charge in [0.25, 0.3) is 5.91 Å². The van der Waals surface area contributed by atoms with Crippen LogP contribution in [0.25, 0.3) is 0 Å². The number of aromatic amines is 1. The Bertz CT molecular complexity index is 718. The minimum absolute atomic E-state index is 0.104. The van der Waals surface area contributed by atoms with Crippen molar-refractivity contribution in [1.29, 1.82) is 0 Å². The molecule has 0 saturated carbocycles. The summed E-state index contributed by atoms with van der Waals surface area (Å²) < 4.78 is 24.2. The van der Waals surface area contributed by atoms with Crippen molar-refractivity contribution in [3.8, 4) is 5.75 Å². The smallest absolute Gasteiger partial charge is 0.258 e. The fraction of sp³-hybridized carbons (Fsp3) is 0.200. The highest BCUT2D eigenvalue weighted by atomic mass is 32.1. The number of amides is 1. The van der Waals surface area contributed by atoms with Crippen LogP contribution in [0.15, 0.2) is 36.5 Å². The van der Waals surface area contributed by atoms with Gasteiger partial charge in [0.1, 0.15) is 11.2 Å². The highest BCUT2D eigenvalue weighted by Gasteiger charge is 2.10. The standard InChI is InChI=1S/C15H15FN2O3S/c1-20-7-8-21-13-5-4-10(9-12(13)16)18-14(19)11-3-2-6-17-15(11)22/h2-6,9H,7-8H2,1H3,(H,17,22)(H,18,19). The number of rotatable bonds is 6. The van der Waals surface area contributed by atoms with Crippen LogP contribution in [0.5, 0.6) is 5.75 Å². The fourth-order valence-electron chi connectivity index (χ4n) is 1.73. The number of nitrogens with one attached hydrogen (secondary N) is 2. The lowest BCUT2D eigenvalue weighted by Gasteiger charge is -2.09. The maximum atomic E-state index is 13.9. The number of aromatic nitrogens is 1. The van der Waals surface area contributed by atoms with Crippen molar-refractivity contribution in [3.05, 3.63) is 52.5 Å². The van der Waals surface area contributed by atoms with E-state index in [-0.39, 0.29) is 12.4 Å². The molecule has 2 N–H and O–H groups in total. The summed E-state index contributed by atoms with van der Waals surface area (Å²) in [5.74, 6) is -0.867. The van der Waals surface area contributed by atoms with Gasteiger partial charge in [-0.3, -0.25) is 4.79 Å². The first kappa shape index (κ1) is 16.1. The molecule has 22 heavy (non-hydrogen) atoms. The molecule has 0 unspecified atom stereocenters. The third-order valence-corrected chi connectivity index (χ3v) is 3.14. The van der Waals surface area contributed by atoms with E-state index in [1.165, 1.54) is 19.2 Å². The van der Waals surface area contributed by atoms with Crippen molar-refractivity contribution in [2.75, 3.05) is 25.6 Å². The first-order valence-electron chi connectivity index (χ1n) is 6.52. The number of pyridine rings is 1. The van der Waals surface area contributed by atoms with E-state index in [2.05, 4.69) is 10.3 Å². The zero-order valence-electron chi connectivity index (χ0n) is 11.9. The third kappa shape index (κ3) is 4.12. The van der Waals surface area contributed by atoms with Gasteiger partial charge in [0.15, 0.2) is 11.6 Å². The van der Waals surface area contributed by atoms with Crippen LogP contribution in [0.4, 0.5) is 10.1 Å². The molecular weight excluding hydrogens is 307 g/mol. The van der Waals surface area contributed by atoms with E-state index in [0.717, 1.165) is 0 Å². The maximum absolute atomic E-state index is 13.9. The molecule has 1 aromatic heterocycles. The highest BCUT2D eigenvalue weighted by molar-refractivity contribution is 7.71. The van der Waals surface area contributed by atoms with Gasteiger partial charge in [0.05, 0.1) is 12.2 Å². The summed E-state index contributed by atoms with van der Waals surface area (Å²) in [5, 5.41) is 2.59. The maximum Gasteiger partial charge on any atom is 0.258 e. The molecule has 2 aromatic rings. The van der Waals surface area contributed by atoms with Crippen molar-refractivity contribution >= 4 is 23.8 Å². The van der Waals surface area contributed by atoms with Crippen molar-refractivity contribution < 1.29 is 18.7 Å². The van der Waals surface area contributed by atoms with E-state index in [1.54, 1.807) is 24.4 Å². The zero-order chi connectivity index (χ0) is 15.9. The van der Waals surface area contributed by atoms with Crippen molar-refractivity contribution in [2.24, 2.45) is 0 Å². The van der Waals surface area contributed by atoms with Gasteiger partial charge in [0.2, 0.25) is 0 Å². The molecule has 7 heteroatoms. The Labute approximate surface area is 132 Å². The number of hydrogen-bond acceptors (Lipinski definition) is 4. The summed E-state index contributed by atoms with van der Waals surface area (Å²) in [6.07, 6.45) is 1.63. The van der Waals surface area contributed by atoms with Gasteiger partial charge in [0, 0.05) is 25.1 Å². The molecule has 5 nitrogen and oxygen atoms in total. The van der Waals surface area contributed by atoms with Gasteiger partial charge < -0.3 is 19.8 Å². The molecular formula is C15H15FN2O3S. The largest absolute Gasteiger partial charge is 0.488 e. The Morgan fingerprint density at radius 2 is 2.18 bits per heavy atom. The molecule has 0 atom stereocenters. The Morgan fingerprint density at radius 3 is 2.86 bits per heavy atom. The van der Waals surface area contributed by atoms with Gasteiger partial charge in [-0.05, 0) is 24.3 Å². The molecule has 116 valence electrons. The molecule has 0 aliphatic heterocycles. The topological polar surface area (TPSA) is 63.4 Å². The van der Waals surface area contributed by atoms with Crippen molar-refractivity contribution in [2.45, 2.75) is 0 Å². The first-order chi connectivity index (χ1) is 10.6. The molecule has 0 spiro atoms. The molecule has 0 radical (unpaired) electrons. The Hall–Kier alpha value is -2.25. The van der Waals surface area contributed by atoms with Crippen LogP contribution in [0, 0.1) is 10.5 Å². The van der Waals surface area contributed by atoms with Crippen LogP contribution in [-0.4, -0.2) is 31.2 Å². The second kappa shape index (κ2) is 7.67. The minimum Gasteiger partial charge on any atom is -0.488 e. The second-order valence-electron chi connectivity index (χ2n) is 4.35. The molecule has 0 bridgehead atoms. The SMILES string of the molecule is COCCOc1ccc(NC(=O)c2ccc[nH]c2=S)cc1F. The normalized spacial score (nSPS) is 10.3. The summed E-state index contributed by atoms with van der Waals surface area (Å²) in [4.78, 5) is 14.8. The predicted octanol–water partition coefficient (Wildman–Crippen LogP) is 3.16. The predicted molar refractivity (Wildman–Crippen MR) is 83.4 cm³/mol. The minimum atomic E-state index is -0.563. The van der Waals surface area contributed by atoms with Crippen LogP contribution in [0.1, 0.15) is 10.4 Å². The zero-order valence-corrected chi connectivity index (χ0v) is 12.7. The number of carbonyl (C=O) groups excluding carboxylic acids is 1. The first-order valence-corrected chi connectivity index (χ1v) is 6.93. The van der Waals surface area contributed by atoms with E-state index in [0.29, 0.717) is 22.5 Å². The molecule has 0 aliphatic rings. The van der Waals surface area contributed by atoms with Crippen LogP contribution < -0.4 is 10.1 Å². The number of ether oxygens (including phenoxy) is 2. The van der Waals surface area contributed by atoms with Crippen LogP contribution in [0.3, 0.4) is 0 Å². The van der Waals surface area contributed by atoms with E-state index in [1.807, 2.05) is 0 Å². The van der Waals surface area contributed by atoms with E-state index in [9.17, 15) is 9.18 Å². The Balaban J connectivity index is 2.07. The number of anilines is 1. The number of benzene rings is 1. The summed E-state index contributed by atoms with van der Waals surface area (Å²) >= 11 is 5.03. The summed E-state index contributed by atoms with van der Waals surface area (Å²) in [7, 11) is 1.53. The number of hydrogen-bond donors (Lipinski definition) is 2. The molecule has 1 amide bonds. The number of halogens is 1. The molecule has 1 aromatic carbocycles. The summed E-state index contributed by atoms with van der Waals surface area (Å²) in [5.41, 5.74) is 0.637. The molecule has 0 saturated heterocycles. The molecule has 0 aliphatic carbocycles. The van der Waals surface area contributed by atoms with Crippen LogP contribution >= 0.6 is 12.2 Å². The van der Waals surface area contributed by atoms with Gasteiger partial charge in [-0.15, -0.1) is 0 Å². The fourth-order valence-corrected chi connectivity index (χ4v) is 1.96. The van der Waals surface area contributed by atoms with Crippen molar-refractivity contribution in [1.82, 2.24) is 4.98 Å². The van der Waals surface area contributed by atoms with E-state index >= 15 is 0 Å². The van der Waals surface area contributed by atoms with E-state index < -0.39 is 11.7 Å². The quantitative estimate of drug-likeness (QED) is 0.633. The van der Waals surface area contributed by atoms with E-state index in [4.69, 9.17) is 21.7 Å². The molecule has 1 heterocycles. The lowest BCUT2D eigenvalue weighted by atomic mass is 10.2. The summed E-state index contributed by atoms with van der Waals surface area (Å²) in [6.45, 7) is 0.613. The average Bonchev–Trinajstić information content (AvgIpc) is 2.50.